The van der Waals surface area contributed by atoms with Gasteiger partial charge in [0.15, 0.2) is 0 Å². The number of hydrogen-bond donors (Lipinski definition) is 1. The van der Waals surface area contributed by atoms with Crippen molar-refractivity contribution in [3.8, 4) is 11.6 Å². The molecule has 3 rings (SSSR count). The molecule has 0 atom stereocenters. The summed E-state index contributed by atoms with van der Waals surface area (Å²) in [4.78, 5) is 27.3. The number of nitrogens with zero attached hydrogens (tertiary/aromatic N) is 2. The number of aryl methyl sites for hydroxylation is 1. The molecule has 7 heteroatoms. The zero-order valence-corrected chi connectivity index (χ0v) is 14.8. The highest BCUT2D eigenvalue weighted by Gasteiger charge is 2.20. The van der Waals surface area contributed by atoms with E-state index in [1.165, 1.54) is 18.2 Å². The van der Waals surface area contributed by atoms with Gasteiger partial charge in [-0.2, -0.15) is 0 Å². The van der Waals surface area contributed by atoms with E-state index >= 15 is 0 Å². The van der Waals surface area contributed by atoms with Crippen LogP contribution in [-0.2, 0) is 0 Å². The average molecular weight is 363 g/mol. The largest absolute Gasteiger partial charge is 0.437 e. The van der Waals surface area contributed by atoms with E-state index in [4.69, 9.17) is 4.74 Å². The normalized spacial score (nSPS) is 10.3. The maximum atomic E-state index is 12.6. The summed E-state index contributed by atoms with van der Waals surface area (Å²) in [7, 11) is 0. The number of aromatic nitrogens is 1. The van der Waals surface area contributed by atoms with E-state index in [1.54, 1.807) is 24.4 Å². The van der Waals surface area contributed by atoms with Gasteiger partial charge in [0.05, 0.1) is 4.92 Å². The second-order valence-corrected chi connectivity index (χ2v) is 5.88. The highest BCUT2D eigenvalue weighted by Crippen LogP contribution is 2.31. The summed E-state index contributed by atoms with van der Waals surface area (Å²) < 4.78 is 5.88. The molecule has 1 aromatic heterocycles. The van der Waals surface area contributed by atoms with E-state index in [9.17, 15) is 14.9 Å². The van der Waals surface area contributed by atoms with E-state index in [0.717, 1.165) is 11.1 Å². The van der Waals surface area contributed by atoms with Gasteiger partial charge in [-0.05, 0) is 49.2 Å². The zero-order valence-electron chi connectivity index (χ0n) is 14.8. The van der Waals surface area contributed by atoms with Crippen molar-refractivity contribution in [2.75, 3.05) is 5.32 Å². The van der Waals surface area contributed by atoms with Crippen LogP contribution in [0.1, 0.15) is 21.5 Å². The number of ether oxygens (including phenoxy) is 1. The van der Waals surface area contributed by atoms with Gasteiger partial charge in [0, 0.05) is 12.3 Å². The van der Waals surface area contributed by atoms with Crippen LogP contribution in [0.4, 0.5) is 11.4 Å². The summed E-state index contributed by atoms with van der Waals surface area (Å²) >= 11 is 0. The SMILES string of the molecule is Cc1cccc(Oc2ncccc2NC(=O)c2ccccc2[N+](=O)[O-])c1C. The fraction of sp³-hybridized carbons (Fsp3) is 0.100. The van der Waals surface area contributed by atoms with E-state index < -0.39 is 10.8 Å². The van der Waals surface area contributed by atoms with Crippen molar-refractivity contribution < 1.29 is 14.5 Å². The van der Waals surface area contributed by atoms with Gasteiger partial charge in [-0.1, -0.05) is 24.3 Å². The molecule has 3 aromatic rings. The summed E-state index contributed by atoms with van der Waals surface area (Å²) in [5.74, 6) is 0.217. The van der Waals surface area contributed by atoms with Crippen LogP contribution >= 0.6 is 0 Å². The molecule has 0 saturated carbocycles. The molecule has 1 N–H and O–H groups in total. The molecule has 2 aromatic carbocycles. The van der Waals surface area contributed by atoms with Crippen molar-refractivity contribution in [2.24, 2.45) is 0 Å². The van der Waals surface area contributed by atoms with Crippen molar-refractivity contribution in [3.63, 3.8) is 0 Å². The van der Waals surface area contributed by atoms with Gasteiger partial charge in [0.25, 0.3) is 11.6 Å². The van der Waals surface area contributed by atoms with Crippen LogP contribution in [0.5, 0.6) is 11.6 Å². The van der Waals surface area contributed by atoms with Gasteiger partial charge < -0.3 is 10.1 Å². The minimum atomic E-state index is -0.610. The Morgan fingerprint density at radius 3 is 2.63 bits per heavy atom. The standard InChI is InChI=1S/C20H17N3O4/c1-13-7-5-11-18(14(13)2)27-20-16(9-6-12-21-20)22-19(24)15-8-3-4-10-17(15)23(25)26/h3-12H,1-2H3,(H,22,24). The lowest BCUT2D eigenvalue weighted by atomic mass is 10.1. The van der Waals surface area contributed by atoms with E-state index in [2.05, 4.69) is 10.3 Å². The maximum Gasteiger partial charge on any atom is 0.282 e. The molecular weight excluding hydrogens is 346 g/mol. The van der Waals surface area contributed by atoms with Gasteiger partial charge in [-0.15, -0.1) is 0 Å². The van der Waals surface area contributed by atoms with Crippen LogP contribution in [-0.4, -0.2) is 15.8 Å². The number of pyridine rings is 1. The van der Waals surface area contributed by atoms with Gasteiger partial charge in [-0.3, -0.25) is 14.9 Å². The number of benzene rings is 2. The molecule has 7 nitrogen and oxygen atoms in total. The number of para-hydroxylation sites is 1. The number of carbonyl (C=O) groups excluding carboxylic acids is 1. The number of hydrogen-bond acceptors (Lipinski definition) is 5. The Morgan fingerprint density at radius 2 is 1.85 bits per heavy atom. The Bertz CT molecular complexity index is 1020. The van der Waals surface area contributed by atoms with Crippen molar-refractivity contribution in [1.29, 1.82) is 0 Å². The third-order valence-electron chi connectivity index (χ3n) is 4.13. The molecule has 0 unspecified atom stereocenters. The first-order valence-corrected chi connectivity index (χ1v) is 8.21. The number of nitro groups is 1. The smallest absolute Gasteiger partial charge is 0.282 e. The van der Waals surface area contributed by atoms with Crippen LogP contribution in [0.25, 0.3) is 0 Å². The highest BCUT2D eigenvalue weighted by atomic mass is 16.6. The number of nitro benzene ring substituents is 1. The number of carbonyl (C=O) groups is 1. The third kappa shape index (κ3) is 3.92. The lowest BCUT2D eigenvalue weighted by Gasteiger charge is -2.13. The minimum absolute atomic E-state index is 0.0379. The second kappa shape index (κ2) is 7.65. The molecule has 0 fully saturated rings. The first kappa shape index (κ1) is 18.1. The Labute approximate surface area is 155 Å². The Kier molecular flexibility index (Phi) is 5.12. The molecule has 0 bridgehead atoms. The van der Waals surface area contributed by atoms with Crippen molar-refractivity contribution in [1.82, 2.24) is 4.98 Å². The number of amides is 1. The fourth-order valence-electron chi connectivity index (χ4n) is 2.52. The molecule has 27 heavy (non-hydrogen) atoms. The zero-order chi connectivity index (χ0) is 19.4. The minimum Gasteiger partial charge on any atom is -0.437 e. The second-order valence-electron chi connectivity index (χ2n) is 5.88. The first-order chi connectivity index (χ1) is 13.0. The molecular formula is C20H17N3O4. The summed E-state index contributed by atoms with van der Waals surface area (Å²) in [5, 5.41) is 13.8. The molecule has 136 valence electrons. The van der Waals surface area contributed by atoms with Crippen molar-refractivity contribution in [2.45, 2.75) is 13.8 Å². The number of anilines is 1. The van der Waals surface area contributed by atoms with Gasteiger partial charge in [0.1, 0.15) is 17.0 Å². The van der Waals surface area contributed by atoms with Gasteiger partial charge in [0.2, 0.25) is 5.88 Å². The maximum absolute atomic E-state index is 12.6. The van der Waals surface area contributed by atoms with E-state index in [-0.39, 0.29) is 17.1 Å². The van der Waals surface area contributed by atoms with Crippen LogP contribution in [0, 0.1) is 24.0 Å². The summed E-state index contributed by atoms with van der Waals surface area (Å²) in [5.41, 5.74) is 2.04. The quantitative estimate of drug-likeness (QED) is 0.526. The molecule has 0 saturated heterocycles. The molecule has 1 amide bonds. The monoisotopic (exact) mass is 363 g/mol. The summed E-state index contributed by atoms with van der Waals surface area (Å²) in [6, 6.07) is 14.7. The Balaban J connectivity index is 1.90. The van der Waals surface area contributed by atoms with E-state index in [0.29, 0.717) is 11.4 Å². The average Bonchev–Trinajstić information content (AvgIpc) is 2.67. The van der Waals surface area contributed by atoms with Crippen LogP contribution < -0.4 is 10.1 Å². The van der Waals surface area contributed by atoms with E-state index in [1.807, 2.05) is 32.0 Å². The Hall–Kier alpha value is -3.74. The van der Waals surface area contributed by atoms with Crippen LogP contribution in [0.15, 0.2) is 60.8 Å². The predicted octanol–water partition coefficient (Wildman–Crippen LogP) is 4.65. The lowest BCUT2D eigenvalue weighted by molar-refractivity contribution is -0.385. The molecule has 1 heterocycles. The number of rotatable bonds is 5. The highest BCUT2D eigenvalue weighted by molar-refractivity contribution is 6.07. The third-order valence-corrected chi connectivity index (χ3v) is 4.13. The summed E-state index contributed by atoms with van der Waals surface area (Å²) in [6.45, 7) is 3.90. The fourth-order valence-corrected chi connectivity index (χ4v) is 2.52. The molecule has 0 aliphatic carbocycles. The number of nitrogens with one attached hydrogen (secondary N) is 1. The van der Waals surface area contributed by atoms with Crippen LogP contribution in [0.3, 0.4) is 0 Å². The molecule has 0 spiro atoms. The van der Waals surface area contributed by atoms with Gasteiger partial charge in [-0.25, -0.2) is 4.98 Å². The van der Waals surface area contributed by atoms with Gasteiger partial charge >= 0.3 is 0 Å². The van der Waals surface area contributed by atoms with Crippen LogP contribution in [0.2, 0.25) is 0 Å². The van der Waals surface area contributed by atoms with Crippen molar-refractivity contribution in [3.05, 3.63) is 87.6 Å². The predicted molar refractivity (Wildman–Crippen MR) is 101 cm³/mol. The molecule has 0 aliphatic rings. The first-order valence-electron chi connectivity index (χ1n) is 8.21. The molecule has 0 aliphatic heterocycles. The Morgan fingerprint density at radius 1 is 1.07 bits per heavy atom. The lowest BCUT2D eigenvalue weighted by Crippen LogP contribution is -2.14. The molecule has 0 radical (unpaired) electrons. The summed E-state index contributed by atoms with van der Waals surface area (Å²) in [6.07, 6.45) is 1.54. The topological polar surface area (TPSA) is 94.4 Å². The van der Waals surface area contributed by atoms with Crippen molar-refractivity contribution >= 4 is 17.3 Å².